The topological polar surface area (TPSA) is 57.5 Å². The summed E-state index contributed by atoms with van der Waals surface area (Å²) < 4.78 is 0. The van der Waals surface area contributed by atoms with Crippen LogP contribution in [0.2, 0.25) is 0 Å². The van der Waals surface area contributed by atoms with Crippen molar-refractivity contribution in [2.75, 3.05) is 0 Å². The molecule has 0 saturated heterocycles. The molecule has 0 heterocycles. The average Bonchev–Trinajstić information content (AvgIpc) is 2.29. The lowest BCUT2D eigenvalue weighted by Gasteiger charge is -2.04. The fourth-order valence-electron chi connectivity index (χ4n) is 1.70. The number of hydrogen-bond donors (Lipinski definition) is 2. The van der Waals surface area contributed by atoms with E-state index in [2.05, 4.69) is 0 Å². The molecule has 0 fully saturated rings. The highest BCUT2D eigenvalue weighted by Crippen LogP contribution is 2.20. The Labute approximate surface area is 99.0 Å². The average molecular weight is 228 g/mol. The second-order valence-corrected chi connectivity index (χ2v) is 3.86. The van der Waals surface area contributed by atoms with Crippen molar-refractivity contribution in [2.24, 2.45) is 0 Å². The van der Waals surface area contributed by atoms with E-state index >= 15 is 0 Å². The van der Waals surface area contributed by atoms with Crippen LogP contribution in [0.25, 0.3) is 0 Å². The molecule has 2 aromatic carbocycles. The Morgan fingerprint density at radius 2 is 1.76 bits per heavy atom. The molecule has 0 aliphatic heterocycles. The zero-order valence-electron chi connectivity index (χ0n) is 9.13. The molecule has 0 saturated carbocycles. The van der Waals surface area contributed by atoms with Crippen molar-refractivity contribution < 1.29 is 15.0 Å². The van der Waals surface area contributed by atoms with Crippen LogP contribution in [-0.2, 0) is 6.42 Å². The first-order valence-corrected chi connectivity index (χ1v) is 5.24. The quantitative estimate of drug-likeness (QED) is 0.793. The van der Waals surface area contributed by atoms with Crippen LogP contribution in [0.3, 0.4) is 0 Å². The maximum absolute atomic E-state index is 10.5. The predicted molar refractivity (Wildman–Crippen MR) is 64.4 cm³/mol. The van der Waals surface area contributed by atoms with Crippen LogP contribution >= 0.6 is 0 Å². The monoisotopic (exact) mass is 228 g/mol. The van der Waals surface area contributed by atoms with Crippen molar-refractivity contribution in [3.05, 3.63) is 59.2 Å². The smallest absolute Gasteiger partial charge is 0.153 e. The maximum Gasteiger partial charge on any atom is 0.153 e. The van der Waals surface area contributed by atoms with Gasteiger partial charge in [-0.05, 0) is 41.8 Å². The van der Waals surface area contributed by atoms with Crippen LogP contribution < -0.4 is 0 Å². The number of hydrogen-bond acceptors (Lipinski definition) is 3. The molecule has 0 bridgehead atoms. The fourth-order valence-corrected chi connectivity index (χ4v) is 1.70. The van der Waals surface area contributed by atoms with Gasteiger partial charge in [0.15, 0.2) is 6.29 Å². The van der Waals surface area contributed by atoms with Gasteiger partial charge in [0.2, 0.25) is 0 Å². The van der Waals surface area contributed by atoms with Crippen LogP contribution in [0, 0.1) is 0 Å². The van der Waals surface area contributed by atoms with E-state index in [1.54, 1.807) is 36.4 Å². The second-order valence-electron chi connectivity index (χ2n) is 3.86. The van der Waals surface area contributed by atoms with Crippen LogP contribution in [0.15, 0.2) is 42.5 Å². The zero-order valence-corrected chi connectivity index (χ0v) is 9.13. The van der Waals surface area contributed by atoms with E-state index in [9.17, 15) is 15.0 Å². The first-order valence-electron chi connectivity index (χ1n) is 5.24. The van der Waals surface area contributed by atoms with Gasteiger partial charge in [0.1, 0.15) is 11.5 Å². The maximum atomic E-state index is 10.5. The van der Waals surface area contributed by atoms with Crippen molar-refractivity contribution in [2.45, 2.75) is 6.42 Å². The molecule has 0 unspecified atom stereocenters. The summed E-state index contributed by atoms with van der Waals surface area (Å²) in [6.45, 7) is 0. The van der Waals surface area contributed by atoms with Gasteiger partial charge < -0.3 is 10.2 Å². The summed E-state index contributed by atoms with van der Waals surface area (Å²) in [6.07, 6.45) is 1.22. The Morgan fingerprint density at radius 3 is 2.41 bits per heavy atom. The van der Waals surface area contributed by atoms with E-state index < -0.39 is 0 Å². The van der Waals surface area contributed by atoms with Gasteiger partial charge in [0.05, 0.1) is 5.56 Å². The third-order valence-electron chi connectivity index (χ3n) is 2.54. The number of carbonyl (C=O) groups excluding carboxylic acids is 1. The first kappa shape index (κ1) is 11.2. The lowest BCUT2D eigenvalue weighted by Crippen LogP contribution is -1.89. The number of phenols is 2. The summed E-state index contributed by atoms with van der Waals surface area (Å²) in [5.41, 5.74) is 2.12. The summed E-state index contributed by atoms with van der Waals surface area (Å²) in [5.74, 6) is 0.203. The van der Waals surface area contributed by atoms with E-state index in [1.165, 1.54) is 0 Å². The number of phenolic OH excluding ortho intramolecular Hbond substituents is 2. The first-order chi connectivity index (χ1) is 8.19. The molecule has 2 aromatic rings. The Morgan fingerprint density at radius 1 is 1.00 bits per heavy atom. The Balaban J connectivity index is 2.24. The molecule has 17 heavy (non-hydrogen) atoms. The highest BCUT2D eigenvalue weighted by Gasteiger charge is 2.03. The van der Waals surface area contributed by atoms with E-state index in [4.69, 9.17) is 0 Å². The fraction of sp³-hybridized carbons (Fsp3) is 0.0714. The molecule has 0 aromatic heterocycles. The van der Waals surface area contributed by atoms with Crippen molar-refractivity contribution in [1.82, 2.24) is 0 Å². The van der Waals surface area contributed by atoms with Gasteiger partial charge in [-0.2, -0.15) is 0 Å². The van der Waals surface area contributed by atoms with Crippen molar-refractivity contribution in [3.63, 3.8) is 0 Å². The van der Waals surface area contributed by atoms with Gasteiger partial charge in [0, 0.05) is 0 Å². The van der Waals surface area contributed by atoms with Gasteiger partial charge >= 0.3 is 0 Å². The second kappa shape index (κ2) is 4.70. The SMILES string of the molecule is O=Cc1ccc(Cc2cccc(O)c2)cc1O. The minimum absolute atomic E-state index is 0.0161. The number of rotatable bonds is 3. The molecule has 2 rings (SSSR count). The molecule has 3 nitrogen and oxygen atoms in total. The third-order valence-corrected chi connectivity index (χ3v) is 2.54. The van der Waals surface area contributed by atoms with E-state index in [1.807, 2.05) is 6.07 Å². The van der Waals surface area contributed by atoms with E-state index in [-0.39, 0.29) is 17.1 Å². The molecule has 3 heteroatoms. The van der Waals surface area contributed by atoms with Crippen LogP contribution in [0.4, 0.5) is 0 Å². The van der Waals surface area contributed by atoms with Crippen molar-refractivity contribution >= 4 is 6.29 Å². The Hall–Kier alpha value is -2.29. The Bertz CT molecular complexity index is 547. The Kier molecular flexibility index (Phi) is 3.10. The third kappa shape index (κ3) is 2.64. The highest BCUT2D eigenvalue weighted by atomic mass is 16.3. The van der Waals surface area contributed by atoms with Crippen molar-refractivity contribution in [3.8, 4) is 11.5 Å². The molecule has 2 N–H and O–H groups in total. The number of aromatic hydroxyl groups is 2. The van der Waals surface area contributed by atoms with Gasteiger partial charge in [-0.25, -0.2) is 0 Å². The molecular weight excluding hydrogens is 216 g/mol. The summed E-state index contributed by atoms with van der Waals surface area (Å²) >= 11 is 0. The van der Waals surface area contributed by atoms with Gasteiger partial charge in [-0.15, -0.1) is 0 Å². The van der Waals surface area contributed by atoms with E-state index in [0.29, 0.717) is 12.7 Å². The highest BCUT2D eigenvalue weighted by molar-refractivity contribution is 5.79. The van der Waals surface area contributed by atoms with Crippen LogP contribution in [-0.4, -0.2) is 16.5 Å². The minimum Gasteiger partial charge on any atom is -0.508 e. The summed E-state index contributed by atoms with van der Waals surface area (Å²) in [7, 11) is 0. The largest absolute Gasteiger partial charge is 0.508 e. The number of benzene rings is 2. The van der Waals surface area contributed by atoms with E-state index in [0.717, 1.165) is 11.1 Å². The molecule has 0 aliphatic rings. The molecule has 0 amide bonds. The van der Waals surface area contributed by atoms with Gasteiger partial charge in [0.25, 0.3) is 0 Å². The number of carbonyl (C=O) groups is 1. The lowest BCUT2D eigenvalue weighted by molar-refractivity contribution is 0.112. The summed E-state index contributed by atoms with van der Waals surface area (Å²) in [4.78, 5) is 10.5. The summed E-state index contributed by atoms with van der Waals surface area (Å²) in [6, 6.07) is 11.9. The van der Waals surface area contributed by atoms with Gasteiger partial charge in [-0.3, -0.25) is 4.79 Å². The molecular formula is C14H12O3. The van der Waals surface area contributed by atoms with Crippen LogP contribution in [0.1, 0.15) is 21.5 Å². The van der Waals surface area contributed by atoms with Gasteiger partial charge in [-0.1, -0.05) is 18.2 Å². The summed E-state index contributed by atoms with van der Waals surface area (Å²) in [5, 5.41) is 18.9. The molecule has 0 radical (unpaired) electrons. The van der Waals surface area contributed by atoms with Crippen LogP contribution in [0.5, 0.6) is 11.5 Å². The number of aldehydes is 1. The predicted octanol–water partition coefficient (Wildman–Crippen LogP) is 2.50. The lowest BCUT2D eigenvalue weighted by atomic mass is 10.0. The molecule has 0 aliphatic carbocycles. The molecule has 0 atom stereocenters. The normalized spacial score (nSPS) is 10.1. The zero-order chi connectivity index (χ0) is 12.3. The standard InChI is InChI=1S/C14H12O3/c15-9-12-5-4-11(8-14(12)17)6-10-2-1-3-13(16)7-10/h1-5,7-9,16-17H,6H2. The molecule has 0 spiro atoms. The molecule has 86 valence electrons. The van der Waals surface area contributed by atoms with Crippen molar-refractivity contribution in [1.29, 1.82) is 0 Å². The minimum atomic E-state index is -0.0161.